The topological polar surface area (TPSA) is 60.9 Å². The molecule has 0 saturated carbocycles. The third-order valence-electron chi connectivity index (χ3n) is 3.29. The van der Waals surface area contributed by atoms with Crippen LogP contribution in [0.2, 0.25) is 0 Å². The molecule has 0 spiro atoms. The van der Waals surface area contributed by atoms with E-state index in [-0.39, 0.29) is 5.91 Å². The van der Waals surface area contributed by atoms with Gasteiger partial charge in [-0.25, -0.2) is 0 Å². The highest BCUT2D eigenvalue weighted by Crippen LogP contribution is 2.23. The van der Waals surface area contributed by atoms with Crippen molar-refractivity contribution in [3.63, 3.8) is 0 Å². The van der Waals surface area contributed by atoms with Crippen LogP contribution in [-0.2, 0) is 4.79 Å². The minimum Gasteiger partial charge on any atom is -0.480 e. The highest BCUT2D eigenvalue weighted by molar-refractivity contribution is 9.11. The summed E-state index contributed by atoms with van der Waals surface area (Å²) >= 11 is 4.76. The molecule has 1 saturated heterocycles. The van der Waals surface area contributed by atoms with Crippen LogP contribution in [-0.4, -0.2) is 59.0 Å². The van der Waals surface area contributed by atoms with Gasteiger partial charge in [0.05, 0.1) is 8.66 Å². The standard InChI is InChI=1S/C12H15BrN2O3S/c1-8(12(17)18)14-4-6-15(7-5-14)11(16)9-2-3-10(13)19-9/h2-3,8H,4-7H2,1H3,(H,17,18). The summed E-state index contributed by atoms with van der Waals surface area (Å²) in [5, 5.41) is 8.96. The van der Waals surface area contributed by atoms with Gasteiger partial charge in [0, 0.05) is 26.2 Å². The third kappa shape index (κ3) is 3.34. The van der Waals surface area contributed by atoms with Gasteiger partial charge in [-0.05, 0) is 35.0 Å². The van der Waals surface area contributed by atoms with E-state index in [4.69, 9.17) is 5.11 Å². The number of halogens is 1. The number of thiophene rings is 1. The van der Waals surface area contributed by atoms with Gasteiger partial charge in [0.1, 0.15) is 6.04 Å². The summed E-state index contributed by atoms with van der Waals surface area (Å²) in [7, 11) is 0. The fourth-order valence-corrected chi connectivity index (χ4v) is 3.41. The summed E-state index contributed by atoms with van der Waals surface area (Å²) in [4.78, 5) is 27.5. The molecular formula is C12H15BrN2O3S. The van der Waals surface area contributed by atoms with Gasteiger partial charge in [0.25, 0.3) is 5.91 Å². The van der Waals surface area contributed by atoms with Crippen molar-refractivity contribution in [3.8, 4) is 0 Å². The lowest BCUT2D eigenvalue weighted by Crippen LogP contribution is -2.53. The predicted octanol–water partition coefficient (Wildman–Crippen LogP) is 1.74. The molecular weight excluding hydrogens is 332 g/mol. The number of hydrogen-bond donors (Lipinski definition) is 1. The number of carboxylic acid groups (broad SMARTS) is 1. The number of nitrogens with zero attached hydrogens (tertiary/aromatic N) is 2. The largest absolute Gasteiger partial charge is 0.480 e. The van der Waals surface area contributed by atoms with Gasteiger partial charge in [-0.1, -0.05) is 0 Å². The molecule has 1 fully saturated rings. The second-order valence-electron chi connectivity index (χ2n) is 4.45. The first-order chi connectivity index (χ1) is 8.99. The molecule has 1 aromatic rings. The second-order valence-corrected chi connectivity index (χ2v) is 6.91. The van der Waals surface area contributed by atoms with Gasteiger partial charge in [0.15, 0.2) is 0 Å². The fourth-order valence-electron chi connectivity index (χ4n) is 2.05. The Labute approximate surface area is 123 Å². The summed E-state index contributed by atoms with van der Waals surface area (Å²) in [6.07, 6.45) is 0. The summed E-state index contributed by atoms with van der Waals surface area (Å²) in [6, 6.07) is 3.18. The van der Waals surface area contributed by atoms with Crippen LogP contribution in [0.1, 0.15) is 16.6 Å². The number of aliphatic carboxylic acids is 1. The minimum absolute atomic E-state index is 0.0262. The smallest absolute Gasteiger partial charge is 0.320 e. The zero-order chi connectivity index (χ0) is 14.0. The van der Waals surface area contributed by atoms with E-state index in [0.29, 0.717) is 31.1 Å². The Balaban J connectivity index is 1.93. The van der Waals surface area contributed by atoms with Crippen LogP contribution >= 0.6 is 27.3 Å². The Hall–Kier alpha value is -0.920. The van der Waals surface area contributed by atoms with Crippen molar-refractivity contribution in [3.05, 3.63) is 20.8 Å². The molecule has 104 valence electrons. The number of rotatable bonds is 3. The van der Waals surface area contributed by atoms with Crippen LogP contribution in [0.25, 0.3) is 0 Å². The maximum absolute atomic E-state index is 12.2. The number of piperazine rings is 1. The third-order valence-corrected chi connectivity index (χ3v) is 4.90. The van der Waals surface area contributed by atoms with Gasteiger partial charge < -0.3 is 10.0 Å². The first-order valence-corrected chi connectivity index (χ1v) is 7.61. The number of carbonyl (C=O) groups excluding carboxylic acids is 1. The monoisotopic (exact) mass is 346 g/mol. The molecule has 0 bridgehead atoms. The van der Waals surface area contributed by atoms with Crippen molar-refractivity contribution in [1.29, 1.82) is 0 Å². The van der Waals surface area contributed by atoms with E-state index in [1.54, 1.807) is 11.8 Å². The normalized spacial score (nSPS) is 18.3. The van der Waals surface area contributed by atoms with Gasteiger partial charge in [-0.2, -0.15) is 0 Å². The number of carboxylic acids is 1. The van der Waals surface area contributed by atoms with Gasteiger partial charge in [-0.3, -0.25) is 14.5 Å². The maximum atomic E-state index is 12.2. The Bertz CT molecular complexity index is 483. The average Bonchev–Trinajstić information content (AvgIpc) is 2.84. The van der Waals surface area contributed by atoms with Crippen LogP contribution in [0, 0.1) is 0 Å². The Morgan fingerprint density at radius 2 is 1.95 bits per heavy atom. The van der Waals surface area contributed by atoms with Gasteiger partial charge in [0.2, 0.25) is 0 Å². The van der Waals surface area contributed by atoms with Gasteiger partial charge >= 0.3 is 5.97 Å². The van der Waals surface area contributed by atoms with Crippen LogP contribution in [0.4, 0.5) is 0 Å². The second kappa shape index (κ2) is 6.02. The molecule has 1 aromatic heterocycles. The Morgan fingerprint density at radius 3 is 2.42 bits per heavy atom. The lowest BCUT2D eigenvalue weighted by atomic mass is 10.2. The molecule has 1 aliphatic rings. The van der Waals surface area contributed by atoms with Crippen molar-refractivity contribution in [2.45, 2.75) is 13.0 Å². The SMILES string of the molecule is CC(C(=O)O)N1CCN(C(=O)c2ccc(Br)s2)CC1. The average molecular weight is 347 g/mol. The number of amides is 1. The molecule has 1 amide bonds. The molecule has 2 rings (SSSR count). The molecule has 7 heteroatoms. The molecule has 0 aliphatic carbocycles. The fraction of sp³-hybridized carbons (Fsp3) is 0.500. The maximum Gasteiger partial charge on any atom is 0.320 e. The molecule has 1 aliphatic heterocycles. The van der Waals surface area contributed by atoms with Crippen LogP contribution in [0.3, 0.4) is 0 Å². The molecule has 2 heterocycles. The molecule has 0 aromatic carbocycles. The molecule has 0 radical (unpaired) electrons. The molecule has 19 heavy (non-hydrogen) atoms. The van der Waals surface area contributed by atoms with E-state index in [2.05, 4.69) is 15.9 Å². The molecule has 5 nitrogen and oxygen atoms in total. The van der Waals surface area contributed by atoms with E-state index in [0.717, 1.165) is 3.79 Å². The quantitative estimate of drug-likeness (QED) is 0.905. The first-order valence-electron chi connectivity index (χ1n) is 6.00. The van der Waals surface area contributed by atoms with Crippen molar-refractivity contribution < 1.29 is 14.7 Å². The lowest BCUT2D eigenvalue weighted by Gasteiger charge is -2.36. The van der Waals surface area contributed by atoms with Crippen molar-refractivity contribution in [2.24, 2.45) is 0 Å². The highest BCUT2D eigenvalue weighted by Gasteiger charge is 2.27. The number of hydrogen-bond acceptors (Lipinski definition) is 4. The van der Waals surface area contributed by atoms with Crippen molar-refractivity contribution in [2.75, 3.05) is 26.2 Å². The van der Waals surface area contributed by atoms with Crippen LogP contribution < -0.4 is 0 Å². The predicted molar refractivity (Wildman–Crippen MR) is 76.6 cm³/mol. The molecule has 1 unspecified atom stereocenters. The zero-order valence-electron chi connectivity index (χ0n) is 10.5. The summed E-state index contributed by atoms with van der Waals surface area (Å²) in [5.41, 5.74) is 0. The Kier molecular flexibility index (Phi) is 4.59. The van der Waals surface area contributed by atoms with Gasteiger partial charge in [-0.15, -0.1) is 11.3 Å². The molecule has 1 atom stereocenters. The first kappa shape index (κ1) is 14.5. The van der Waals surface area contributed by atoms with Crippen LogP contribution in [0.5, 0.6) is 0 Å². The van der Waals surface area contributed by atoms with Crippen molar-refractivity contribution in [1.82, 2.24) is 9.80 Å². The summed E-state index contributed by atoms with van der Waals surface area (Å²) in [6.45, 7) is 4.03. The van der Waals surface area contributed by atoms with E-state index >= 15 is 0 Å². The summed E-state index contributed by atoms with van der Waals surface area (Å²) in [5.74, 6) is -0.791. The van der Waals surface area contributed by atoms with E-state index in [1.165, 1.54) is 11.3 Å². The van der Waals surface area contributed by atoms with Crippen molar-refractivity contribution >= 4 is 39.1 Å². The highest BCUT2D eigenvalue weighted by atomic mass is 79.9. The number of carbonyl (C=O) groups is 2. The van der Waals surface area contributed by atoms with E-state index < -0.39 is 12.0 Å². The van der Waals surface area contributed by atoms with Crippen LogP contribution in [0.15, 0.2) is 15.9 Å². The van der Waals surface area contributed by atoms with E-state index in [1.807, 2.05) is 17.0 Å². The minimum atomic E-state index is -0.818. The lowest BCUT2D eigenvalue weighted by molar-refractivity contribution is -0.143. The summed E-state index contributed by atoms with van der Waals surface area (Å²) < 4.78 is 0.939. The molecule has 1 N–H and O–H groups in total. The zero-order valence-corrected chi connectivity index (χ0v) is 12.9. The Morgan fingerprint density at radius 1 is 1.32 bits per heavy atom. The van der Waals surface area contributed by atoms with E-state index in [9.17, 15) is 9.59 Å².